The first-order valence-corrected chi connectivity index (χ1v) is 7.13. The number of carboxylic acids is 1. The van der Waals surface area contributed by atoms with Crippen LogP contribution in [0.25, 0.3) is 0 Å². The first-order valence-electron chi connectivity index (χ1n) is 7.13. The van der Waals surface area contributed by atoms with Gasteiger partial charge in [-0.15, -0.1) is 0 Å². The molecule has 0 aromatic heterocycles. The highest BCUT2D eigenvalue weighted by atomic mass is 16.4. The van der Waals surface area contributed by atoms with Gasteiger partial charge in [-0.25, -0.2) is 0 Å². The molecule has 2 amide bonds. The van der Waals surface area contributed by atoms with Gasteiger partial charge >= 0.3 is 5.97 Å². The van der Waals surface area contributed by atoms with Crippen molar-refractivity contribution in [3.05, 3.63) is 18.2 Å². The van der Waals surface area contributed by atoms with E-state index in [1.54, 1.807) is 0 Å². The summed E-state index contributed by atoms with van der Waals surface area (Å²) < 4.78 is 0. The Bertz CT molecular complexity index is 645. The van der Waals surface area contributed by atoms with Crippen LogP contribution in [0.3, 0.4) is 0 Å². The van der Waals surface area contributed by atoms with E-state index in [0.717, 1.165) is 11.0 Å². The number of anilines is 1. The minimum absolute atomic E-state index is 0.142. The minimum atomic E-state index is -1.22. The van der Waals surface area contributed by atoms with Crippen molar-refractivity contribution in [3.63, 3.8) is 0 Å². The normalized spacial score (nSPS) is 17.1. The van der Waals surface area contributed by atoms with Gasteiger partial charge in [-0.3, -0.25) is 19.3 Å². The number of carboxylic acid groups (broad SMARTS) is 1. The number of nitrogens with zero attached hydrogens (tertiary/aromatic N) is 2. The van der Waals surface area contributed by atoms with Gasteiger partial charge in [0.1, 0.15) is 12.6 Å². The molecule has 1 heterocycles. The van der Waals surface area contributed by atoms with Crippen LogP contribution >= 0.6 is 0 Å². The Morgan fingerprint density at radius 2 is 1.96 bits per heavy atom. The number of rotatable bonds is 4. The average molecular weight is 322 g/mol. The fourth-order valence-electron chi connectivity index (χ4n) is 2.69. The Balaban J connectivity index is 2.34. The number of hydrogen-bond acceptors (Lipinski definition) is 5. The molecule has 8 nitrogen and oxygen atoms in total. The summed E-state index contributed by atoms with van der Waals surface area (Å²) in [4.78, 5) is 37.8. The summed E-state index contributed by atoms with van der Waals surface area (Å²) in [7, 11) is 0. The molecular weight excluding hydrogens is 304 g/mol. The van der Waals surface area contributed by atoms with Crippen LogP contribution in [0.15, 0.2) is 18.2 Å². The van der Waals surface area contributed by atoms with Gasteiger partial charge in [0.05, 0.1) is 0 Å². The third-order valence-electron chi connectivity index (χ3n) is 3.77. The van der Waals surface area contributed by atoms with Crippen molar-refractivity contribution in [3.8, 4) is 11.5 Å². The van der Waals surface area contributed by atoms with Gasteiger partial charge in [0, 0.05) is 25.2 Å². The Morgan fingerprint density at radius 1 is 1.26 bits per heavy atom. The Hall–Kier alpha value is -2.77. The Labute approximate surface area is 132 Å². The maximum atomic E-state index is 12.7. The summed E-state index contributed by atoms with van der Waals surface area (Å²) in [6.45, 7) is 1.21. The molecule has 0 saturated carbocycles. The van der Waals surface area contributed by atoms with E-state index in [1.807, 2.05) is 0 Å². The van der Waals surface area contributed by atoms with Crippen LogP contribution in [-0.4, -0.2) is 57.1 Å². The third kappa shape index (κ3) is 3.53. The number of carbonyl (C=O) groups is 3. The highest BCUT2D eigenvalue weighted by molar-refractivity contribution is 6.02. The molecule has 0 radical (unpaired) electrons. The first kappa shape index (κ1) is 16.6. The molecule has 0 spiro atoms. The lowest BCUT2D eigenvalue weighted by Crippen LogP contribution is -2.48. The van der Waals surface area contributed by atoms with E-state index in [-0.39, 0.29) is 17.3 Å². The summed E-state index contributed by atoms with van der Waals surface area (Å²) in [6, 6.07) is 2.90. The molecule has 1 atom stereocenters. The van der Waals surface area contributed by atoms with E-state index in [1.165, 1.54) is 24.0 Å². The van der Waals surface area contributed by atoms with Crippen LogP contribution in [0.5, 0.6) is 11.5 Å². The minimum Gasteiger partial charge on any atom is -0.504 e. The largest absolute Gasteiger partial charge is 0.504 e. The topological polar surface area (TPSA) is 118 Å². The molecule has 0 aliphatic carbocycles. The zero-order chi connectivity index (χ0) is 17.1. The zero-order valence-electron chi connectivity index (χ0n) is 12.6. The number of amides is 2. The lowest BCUT2D eigenvalue weighted by molar-refractivity contribution is -0.138. The van der Waals surface area contributed by atoms with Gasteiger partial charge in [0.2, 0.25) is 11.8 Å². The van der Waals surface area contributed by atoms with Gasteiger partial charge in [-0.05, 0) is 25.0 Å². The fourth-order valence-corrected chi connectivity index (χ4v) is 2.69. The van der Waals surface area contributed by atoms with Crippen molar-refractivity contribution in [2.75, 3.05) is 18.0 Å². The predicted octanol–water partition coefficient (Wildman–Crippen LogP) is 0.526. The van der Waals surface area contributed by atoms with Crippen LogP contribution in [0.4, 0.5) is 5.69 Å². The van der Waals surface area contributed by atoms with Crippen molar-refractivity contribution >= 4 is 23.5 Å². The second-order valence-corrected chi connectivity index (χ2v) is 5.36. The van der Waals surface area contributed by atoms with Gasteiger partial charge < -0.3 is 20.2 Å². The van der Waals surface area contributed by atoms with Crippen LogP contribution in [0.2, 0.25) is 0 Å². The van der Waals surface area contributed by atoms with Crippen LogP contribution in [0, 0.1) is 0 Å². The van der Waals surface area contributed by atoms with E-state index >= 15 is 0 Å². The second kappa shape index (κ2) is 6.55. The number of aromatic hydroxyl groups is 2. The molecule has 3 N–H and O–H groups in total. The van der Waals surface area contributed by atoms with E-state index < -0.39 is 30.2 Å². The van der Waals surface area contributed by atoms with E-state index in [4.69, 9.17) is 5.11 Å². The van der Waals surface area contributed by atoms with Crippen molar-refractivity contribution in [1.82, 2.24) is 4.90 Å². The summed E-state index contributed by atoms with van der Waals surface area (Å²) in [5, 5.41) is 28.0. The smallest absolute Gasteiger partial charge is 0.323 e. The molecule has 1 aromatic carbocycles. The molecular formula is C15H18N2O6. The molecule has 1 aliphatic heterocycles. The number of likely N-dealkylation sites (tertiary alicyclic amines) is 1. The number of benzene rings is 1. The van der Waals surface area contributed by atoms with Crippen molar-refractivity contribution in [2.45, 2.75) is 25.8 Å². The molecule has 1 fully saturated rings. The molecule has 8 heteroatoms. The first-order chi connectivity index (χ1) is 10.8. The number of phenols is 2. The second-order valence-electron chi connectivity index (χ2n) is 5.36. The van der Waals surface area contributed by atoms with Crippen LogP contribution in [0.1, 0.15) is 19.8 Å². The fraction of sp³-hybridized carbons (Fsp3) is 0.400. The van der Waals surface area contributed by atoms with Crippen molar-refractivity contribution < 1.29 is 29.7 Å². The SMILES string of the molecule is CC(=O)N1CCC[C@H]1C(=O)N(CC(=O)O)c1ccc(O)c(O)c1. The molecule has 2 rings (SSSR count). The molecule has 0 unspecified atom stereocenters. The third-order valence-corrected chi connectivity index (χ3v) is 3.77. The monoisotopic (exact) mass is 322 g/mol. The Kier molecular flexibility index (Phi) is 4.73. The molecule has 124 valence electrons. The standard InChI is InChI=1S/C15H18N2O6/c1-9(18)16-6-2-3-11(16)15(23)17(8-14(21)22)10-4-5-12(19)13(20)7-10/h4-5,7,11,19-20H,2-3,6,8H2,1H3,(H,21,22)/t11-/m0/s1. The van der Waals surface area contributed by atoms with Crippen molar-refractivity contribution in [1.29, 1.82) is 0 Å². The molecule has 23 heavy (non-hydrogen) atoms. The highest BCUT2D eigenvalue weighted by Gasteiger charge is 2.36. The lowest BCUT2D eigenvalue weighted by Gasteiger charge is -2.29. The molecule has 1 aliphatic rings. The lowest BCUT2D eigenvalue weighted by atomic mass is 10.1. The van der Waals surface area contributed by atoms with E-state index in [0.29, 0.717) is 19.4 Å². The van der Waals surface area contributed by atoms with Gasteiger partial charge in [-0.1, -0.05) is 0 Å². The maximum absolute atomic E-state index is 12.7. The molecule has 1 saturated heterocycles. The van der Waals surface area contributed by atoms with Crippen LogP contribution < -0.4 is 4.90 Å². The highest BCUT2D eigenvalue weighted by Crippen LogP contribution is 2.31. The van der Waals surface area contributed by atoms with E-state index in [2.05, 4.69) is 0 Å². The number of carbonyl (C=O) groups excluding carboxylic acids is 2. The summed E-state index contributed by atoms with van der Waals surface area (Å²) >= 11 is 0. The summed E-state index contributed by atoms with van der Waals surface area (Å²) in [5.41, 5.74) is 0.142. The van der Waals surface area contributed by atoms with E-state index in [9.17, 15) is 24.6 Å². The van der Waals surface area contributed by atoms with Crippen LogP contribution in [-0.2, 0) is 14.4 Å². The van der Waals surface area contributed by atoms with Gasteiger partial charge in [0.15, 0.2) is 11.5 Å². The quantitative estimate of drug-likeness (QED) is 0.696. The predicted molar refractivity (Wildman–Crippen MR) is 80.2 cm³/mol. The maximum Gasteiger partial charge on any atom is 0.323 e. The zero-order valence-corrected chi connectivity index (χ0v) is 12.6. The average Bonchev–Trinajstić information content (AvgIpc) is 2.96. The van der Waals surface area contributed by atoms with Gasteiger partial charge in [0.25, 0.3) is 0 Å². The number of aliphatic carboxylic acids is 1. The van der Waals surface area contributed by atoms with Gasteiger partial charge in [-0.2, -0.15) is 0 Å². The number of phenolic OH excluding ortho intramolecular Hbond substituents is 2. The summed E-state index contributed by atoms with van der Waals surface area (Å²) in [5.74, 6) is -2.82. The molecule has 0 bridgehead atoms. The Morgan fingerprint density at radius 3 is 2.52 bits per heavy atom. The van der Waals surface area contributed by atoms with Crippen molar-refractivity contribution in [2.24, 2.45) is 0 Å². The number of hydrogen-bond donors (Lipinski definition) is 3. The molecule has 1 aromatic rings. The summed E-state index contributed by atoms with van der Waals surface area (Å²) in [6.07, 6.45) is 1.12.